The van der Waals surface area contributed by atoms with Crippen molar-refractivity contribution in [1.82, 2.24) is 15.2 Å². The molecule has 0 bridgehead atoms. The molecule has 1 saturated heterocycles. The molecule has 0 saturated carbocycles. The Labute approximate surface area is 288 Å². The predicted molar refractivity (Wildman–Crippen MR) is 194 cm³/mol. The van der Waals surface area contributed by atoms with Crippen LogP contribution in [0.5, 0.6) is 0 Å². The number of carboxylic acids is 1. The normalized spacial score (nSPS) is 25.5. The van der Waals surface area contributed by atoms with Crippen LogP contribution in [-0.2, 0) is 28.9 Å². The first-order chi connectivity index (χ1) is 23.8. The maximum absolute atomic E-state index is 13.8. The Hall–Kier alpha value is -4.46. The highest BCUT2D eigenvalue weighted by Gasteiger charge is 2.50. The summed E-state index contributed by atoms with van der Waals surface area (Å²) >= 11 is 0. The topological polar surface area (TPSA) is 97.5 Å². The Bertz CT molecular complexity index is 1970. The average Bonchev–Trinajstić information content (AvgIpc) is 3.60. The number of carbonyl (C=O) groups is 2. The van der Waals surface area contributed by atoms with Gasteiger partial charge in [0.05, 0.1) is 0 Å². The van der Waals surface area contributed by atoms with Crippen molar-refractivity contribution in [3.05, 3.63) is 129 Å². The molecule has 4 aliphatic heterocycles. The summed E-state index contributed by atoms with van der Waals surface area (Å²) < 4.78 is 0. The molecule has 49 heavy (non-hydrogen) atoms. The van der Waals surface area contributed by atoms with Crippen LogP contribution in [0.25, 0.3) is 5.57 Å². The zero-order valence-electron chi connectivity index (χ0n) is 28.7. The van der Waals surface area contributed by atoms with E-state index in [-0.39, 0.29) is 42.2 Å². The third kappa shape index (κ3) is 5.53. The average molecular weight is 655 g/mol. The summed E-state index contributed by atoms with van der Waals surface area (Å²) in [7, 11) is 0. The van der Waals surface area contributed by atoms with Crippen LogP contribution in [-0.4, -0.2) is 46.5 Å². The number of aromatic amines is 1. The van der Waals surface area contributed by atoms with Gasteiger partial charge in [-0.1, -0.05) is 72.3 Å². The van der Waals surface area contributed by atoms with E-state index in [1.165, 1.54) is 33.5 Å². The summed E-state index contributed by atoms with van der Waals surface area (Å²) in [5.41, 5.74) is 14.1. The van der Waals surface area contributed by atoms with E-state index in [0.29, 0.717) is 6.42 Å². The lowest BCUT2D eigenvalue weighted by molar-refractivity contribution is -0.137. The van der Waals surface area contributed by atoms with Crippen LogP contribution in [0.4, 0.5) is 5.69 Å². The van der Waals surface area contributed by atoms with E-state index in [9.17, 15) is 14.7 Å². The molecule has 1 unspecified atom stereocenters. The molecule has 3 aromatic carbocycles. The fraction of sp³-hybridized carbons (Fsp3) is 0.381. The molecule has 4 aliphatic rings. The second-order valence-corrected chi connectivity index (χ2v) is 14.6. The standard InChI is InChI=1S/C42H46N4O3/c1-24(38-32-14-8-9-15-35(32)45-42(38)49)34-23-46-21-19-28-11-5-7-13-31(28)41(46)39(40-25(2)29(26(3)44-40)16-17-37(47)48)33(34)22-36-30-12-6-4-10-27(30)18-20-43-36/h4-15,33-34,36,39,41,43-44H,16-23H2,1-3H3,(H,45,49)(H,47,48)/t33-,34-,36-,39?,41-/m1/s1. The quantitative estimate of drug-likeness (QED) is 0.157. The van der Waals surface area contributed by atoms with E-state index in [1.807, 2.05) is 18.2 Å². The minimum absolute atomic E-state index is 0.0101. The highest BCUT2D eigenvalue weighted by molar-refractivity contribution is 6.32. The van der Waals surface area contributed by atoms with Crippen molar-refractivity contribution in [3.8, 4) is 0 Å². The van der Waals surface area contributed by atoms with E-state index in [0.717, 1.165) is 72.6 Å². The Balaban J connectivity index is 1.33. The van der Waals surface area contributed by atoms with Gasteiger partial charge in [-0.25, -0.2) is 0 Å². The minimum Gasteiger partial charge on any atom is -0.481 e. The lowest BCUT2D eigenvalue weighted by Crippen LogP contribution is -2.51. The number of amides is 1. The first-order valence-electron chi connectivity index (χ1n) is 17.9. The molecule has 8 rings (SSSR count). The number of nitrogens with one attached hydrogen (secondary N) is 3. The summed E-state index contributed by atoms with van der Waals surface area (Å²) in [4.78, 5) is 32.0. The molecule has 0 aliphatic carbocycles. The van der Waals surface area contributed by atoms with Gasteiger partial charge in [0.25, 0.3) is 5.91 Å². The fourth-order valence-corrected chi connectivity index (χ4v) is 9.81. The molecule has 5 heterocycles. The van der Waals surface area contributed by atoms with Gasteiger partial charge < -0.3 is 20.7 Å². The smallest absolute Gasteiger partial charge is 0.303 e. The largest absolute Gasteiger partial charge is 0.481 e. The molecule has 1 fully saturated rings. The molecule has 252 valence electrons. The maximum atomic E-state index is 13.8. The van der Waals surface area contributed by atoms with E-state index >= 15 is 0 Å². The number of aliphatic carboxylic acids is 1. The van der Waals surface area contributed by atoms with Gasteiger partial charge in [-0.05, 0) is 104 Å². The highest BCUT2D eigenvalue weighted by atomic mass is 16.4. The lowest BCUT2D eigenvalue weighted by Gasteiger charge is -2.53. The number of hydrogen-bond donors (Lipinski definition) is 4. The Morgan fingerprint density at radius 3 is 2.45 bits per heavy atom. The molecule has 1 aromatic heterocycles. The van der Waals surface area contributed by atoms with Crippen LogP contribution in [0.15, 0.2) is 78.4 Å². The van der Waals surface area contributed by atoms with Crippen LogP contribution in [0, 0.1) is 25.7 Å². The number of rotatable bonds is 7. The van der Waals surface area contributed by atoms with Gasteiger partial charge in [-0.2, -0.15) is 0 Å². The van der Waals surface area contributed by atoms with Crippen molar-refractivity contribution in [1.29, 1.82) is 0 Å². The Morgan fingerprint density at radius 2 is 1.65 bits per heavy atom. The molecule has 7 heteroatoms. The zero-order valence-corrected chi connectivity index (χ0v) is 28.7. The minimum atomic E-state index is -0.774. The zero-order chi connectivity index (χ0) is 33.8. The van der Waals surface area contributed by atoms with Crippen molar-refractivity contribution in [3.63, 3.8) is 0 Å². The molecule has 5 atom stereocenters. The first kappa shape index (κ1) is 31.8. The van der Waals surface area contributed by atoms with Crippen molar-refractivity contribution >= 4 is 23.1 Å². The van der Waals surface area contributed by atoms with Crippen LogP contribution in [0.3, 0.4) is 0 Å². The second-order valence-electron chi connectivity index (χ2n) is 14.6. The third-order valence-corrected chi connectivity index (χ3v) is 12.1. The Kier molecular flexibility index (Phi) is 8.29. The number of hydrogen-bond acceptors (Lipinski definition) is 4. The van der Waals surface area contributed by atoms with Gasteiger partial charge in [0.15, 0.2) is 0 Å². The first-order valence-corrected chi connectivity index (χ1v) is 17.9. The van der Waals surface area contributed by atoms with E-state index in [1.54, 1.807) is 0 Å². The van der Waals surface area contributed by atoms with Crippen molar-refractivity contribution in [2.24, 2.45) is 11.8 Å². The van der Waals surface area contributed by atoms with Crippen molar-refractivity contribution in [2.75, 3.05) is 25.0 Å². The van der Waals surface area contributed by atoms with E-state index < -0.39 is 5.97 Å². The number of piperidine rings is 1. The summed E-state index contributed by atoms with van der Waals surface area (Å²) in [5.74, 6) is -0.371. The third-order valence-electron chi connectivity index (χ3n) is 12.1. The molecular weight excluding hydrogens is 608 g/mol. The molecule has 7 nitrogen and oxygen atoms in total. The van der Waals surface area contributed by atoms with Crippen LogP contribution in [0.1, 0.15) is 88.1 Å². The van der Waals surface area contributed by atoms with Gasteiger partial charge in [0.2, 0.25) is 0 Å². The van der Waals surface area contributed by atoms with Gasteiger partial charge in [0, 0.05) is 65.7 Å². The van der Waals surface area contributed by atoms with Crippen molar-refractivity contribution in [2.45, 2.75) is 70.9 Å². The molecule has 4 N–H and O–H groups in total. The number of anilines is 1. The van der Waals surface area contributed by atoms with Gasteiger partial charge >= 0.3 is 5.97 Å². The summed E-state index contributed by atoms with van der Waals surface area (Å²) in [5, 5.41) is 16.7. The molecular formula is C42H46N4O3. The number of nitrogens with zero attached hydrogens (tertiary/aromatic N) is 1. The molecule has 1 amide bonds. The SMILES string of the molecule is CC(=C1C(=O)Nc2ccccc21)[C@H]1CN2CCc3ccccc3[C@@H]2C(c2[nH]c(C)c(CCC(=O)O)c2C)[C@@H]1C[C@H]1NCCc2ccccc21. The van der Waals surface area contributed by atoms with E-state index in [4.69, 9.17) is 0 Å². The number of carbonyl (C=O) groups excluding carboxylic acids is 1. The van der Waals surface area contributed by atoms with Gasteiger partial charge in [-0.3, -0.25) is 14.5 Å². The number of H-pyrrole nitrogens is 1. The molecule has 0 spiro atoms. The Morgan fingerprint density at radius 1 is 0.939 bits per heavy atom. The predicted octanol–water partition coefficient (Wildman–Crippen LogP) is 7.28. The summed E-state index contributed by atoms with van der Waals surface area (Å²) in [6.07, 6.45) is 3.56. The number of carboxylic acid groups (broad SMARTS) is 1. The number of fused-ring (bicyclic) bond motifs is 5. The fourth-order valence-electron chi connectivity index (χ4n) is 9.81. The van der Waals surface area contributed by atoms with Crippen LogP contribution in [0.2, 0.25) is 0 Å². The van der Waals surface area contributed by atoms with Crippen LogP contribution >= 0.6 is 0 Å². The van der Waals surface area contributed by atoms with E-state index in [2.05, 4.69) is 95.9 Å². The van der Waals surface area contributed by atoms with Crippen molar-refractivity contribution < 1.29 is 14.7 Å². The molecule has 0 radical (unpaired) electrons. The number of benzene rings is 3. The number of aromatic nitrogens is 1. The summed E-state index contributed by atoms with van der Waals surface area (Å²) in [6, 6.07) is 26.3. The maximum Gasteiger partial charge on any atom is 0.303 e. The molecule has 4 aromatic rings. The lowest BCUT2D eigenvalue weighted by atomic mass is 9.63. The highest BCUT2D eigenvalue weighted by Crippen LogP contribution is 2.56. The van der Waals surface area contributed by atoms with Gasteiger partial charge in [-0.15, -0.1) is 0 Å². The number of aryl methyl sites for hydroxylation is 1. The summed E-state index contributed by atoms with van der Waals surface area (Å²) in [6.45, 7) is 9.28. The van der Waals surface area contributed by atoms with Crippen LogP contribution < -0.4 is 10.6 Å². The monoisotopic (exact) mass is 654 g/mol. The van der Waals surface area contributed by atoms with Gasteiger partial charge in [0.1, 0.15) is 0 Å². The second kappa shape index (κ2) is 12.8. The number of para-hydroxylation sites is 1.